The second kappa shape index (κ2) is 11.4. The van der Waals surface area contributed by atoms with E-state index in [1.165, 1.54) is 6.08 Å². The summed E-state index contributed by atoms with van der Waals surface area (Å²) in [6, 6.07) is 0. The van der Waals surface area contributed by atoms with Gasteiger partial charge in [-0.2, -0.15) is 0 Å². The number of aryl methyl sites for hydroxylation is 1. The van der Waals surface area contributed by atoms with Gasteiger partial charge in [0.05, 0.1) is 5.69 Å². The molecule has 0 radical (unpaired) electrons. The molecule has 0 aliphatic rings. The van der Waals surface area contributed by atoms with Crippen molar-refractivity contribution in [2.24, 2.45) is 0 Å². The predicted molar refractivity (Wildman–Crippen MR) is 102 cm³/mol. The Labute approximate surface area is 149 Å². The first-order valence-electron chi connectivity index (χ1n) is 7.46. The number of nitrogens with one attached hydrogen (secondary N) is 1. The van der Waals surface area contributed by atoms with Crippen molar-refractivity contribution in [3.05, 3.63) is 59.1 Å². The highest BCUT2D eigenvalue weighted by atomic mass is 35.5. The zero-order valence-electron chi connectivity index (χ0n) is 15.0. The zero-order valence-corrected chi connectivity index (χ0v) is 15.8. The molecule has 0 saturated carbocycles. The molecule has 4 nitrogen and oxygen atoms in total. The van der Waals surface area contributed by atoms with Crippen molar-refractivity contribution in [2.45, 2.75) is 27.7 Å². The van der Waals surface area contributed by atoms with Gasteiger partial charge in [0.2, 0.25) is 0 Å². The quantitative estimate of drug-likeness (QED) is 0.529. The van der Waals surface area contributed by atoms with Crippen LogP contribution in [0.5, 0.6) is 0 Å². The molecule has 5 heteroatoms. The molecule has 1 rings (SSSR count). The van der Waals surface area contributed by atoms with Gasteiger partial charge in [-0.15, -0.1) is 0 Å². The molecule has 0 saturated heterocycles. The van der Waals surface area contributed by atoms with Crippen LogP contribution in [-0.2, 0) is 9.53 Å². The first kappa shape index (κ1) is 21.8. The monoisotopic (exact) mass is 351 g/mol. The molecule has 0 bridgehead atoms. The van der Waals surface area contributed by atoms with Crippen LogP contribution in [0.15, 0.2) is 46.4 Å². The maximum atomic E-state index is 9.89. The summed E-state index contributed by atoms with van der Waals surface area (Å²) in [5.74, 6) is 1.82. The largest absolute Gasteiger partial charge is 0.463 e. The lowest BCUT2D eigenvalue weighted by Crippen LogP contribution is -1.95. The highest BCUT2D eigenvalue weighted by molar-refractivity contribution is 6.31. The first-order valence-corrected chi connectivity index (χ1v) is 7.84. The minimum absolute atomic E-state index is 0.179. The number of allylic oxidation sites excluding steroid dienone is 4. The van der Waals surface area contributed by atoms with Gasteiger partial charge in [-0.05, 0) is 33.3 Å². The number of ether oxygens (including phenoxy) is 1. The zero-order chi connectivity index (χ0) is 18.7. The summed E-state index contributed by atoms with van der Waals surface area (Å²) in [4.78, 5) is 9.89. The molecule has 0 spiro atoms. The Balaban J connectivity index is 0.000000441. The third-order valence-corrected chi connectivity index (χ3v) is 3.58. The van der Waals surface area contributed by atoms with Crippen molar-refractivity contribution in [3.63, 3.8) is 0 Å². The minimum Gasteiger partial charge on any atom is -0.463 e. The van der Waals surface area contributed by atoms with E-state index in [2.05, 4.69) is 23.2 Å². The van der Waals surface area contributed by atoms with Crippen LogP contribution in [-0.4, -0.2) is 20.1 Å². The van der Waals surface area contributed by atoms with Gasteiger partial charge in [0, 0.05) is 23.2 Å². The normalized spacial score (nSPS) is 11.2. The summed E-state index contributed by atoms with van der Waals surface area (Å²) in [5.41, 5.74) is 3.91. The SMILES string of the molecule is C=C(C)c1oc(C)c(C)c1NC.C=C/C(Cl)=C(\C=C/C)COC=O. The Hall–Kier alpha value is -2.20. The van der Waals surface area contributed by atoms with E-state index in [0.29, 0.717) is 11.5 Å². The molecule has 0 aliphatic heterocycles. The Morgan fingerprint density at radius 1 is 1.42 bits per heavy atom. The van der Waals surface area contributed by atoms with Gasteiger partial charge >= 0.3 is 0 Å². The molecule has 1 N–H and O–H groups in total. The Morgan fingerprint density at radius 2 is 2.04 bits per heavy atom. The number of rotatable bonds is 7. The topological polar surface area (TPSA) is 51.5 Å². The molecule has 1 aromatic heterocycles. The van der Waals surface area contributed by atoms with Crippen LogP contribution in [0, 0.1) is 13.8 Å². The van der Waals surface area contributed by atoms with Crippen molar-refractivity contribution in [2.75, 3.05) is 19.0 Å². The van der Waals surface area contributed by atoms with Crippen LogP contribution in [0.2, 0.25) is 0 Å². The maximum absolute atomic E-state index is 9.89. The molecule has 0 aliphatic carbocycles. The Kier molecular flexibility index (Phi) is 10.3. The average molecular weight is 352 g/mol. The highest BCUT2D eigenvalue weighted by Gasteiger charge is 2.12. The van der Waals surface area contributed by atoms with Crippen LogP contribution < -0.4 is 5.32 Å². The summed E-state index contributed by atoms with van der Waals surface area (Å²) in [7, 11) is 1.89. The van der Waals surface area contributed by atoms with Gasteiger partial charge in [0.15, 0.2) is 5.76 Å². The number of anilines is 1. The van der Waals surface area contributed by atoms with E-state index in [4.69, 9.17) is 16.0 Å². The van der Waals surface area contributed by atoms with E-state index < -0.39 is 0 Å². The van der Waals surface area contributed by atoms with E-state index in [0.717, 1.165) is 33.9 Å². The van der Waals surface area contributed by atoms with E-state index >= 15 is 0 Å². The van der Waals surface area contributed by atoms with Crippen LogP contribution in [0.25, 0.3) is 5.57 Å². The molecule has 1 aromatic rings. The van der Waals surface area contributed by atoms with Gasteiger partial charge in [0.25, 0.3) is 6.47 Å². The lowest BCUT2D eigenvalue weighted by molar-refractivity contribution is -0.127. The fraction of sp³-hybridized carbons (Fsp3) is 0.316. The van der Waals surface area contributed by atoms with Gasteiger partial charge < -0.3 is 14.5 Å². The molecule has 24 heavy (non-hydrogen) atoms. The summed E-state index contributed by atoms with van der Waals surface area (Å²) < 4.78 is 10.1. The number of furan rings is 1. The third-order valence-electron chi connectivity index (χ3n) is 3.18. The van der Waals surface area contributed by atoms with Gasteiger partial charge in [-0.25, -0.2) is 0 Å². The van der Waals surface area contributed by atoms with Crippen molar-refractivity contribution in [1.82, 2.24) is 0 Å². The fourth-order valence-corrected chi connectivity index (χ4v) is 2.00. The molecular formula is C19H26ClNO3. The minimum atomic E-state index is 0.179. The number of hydrogen-bond donors (Lipinski definition) is 1. The van der Waals surface area contributed by atoms with Crippen LogP contribution in [0.1, 0.15) is 30.9 Å². The van der Waals surface area contributed by atoms with E-state index in [1.807, 2.05) is 40.8 Å². The first-order chi connectivity index (χ1) is 11.3. The van der Waals surface area contributed by atoms with E-state index in [-0.39, 0.29) is 6.61 Å². The molecule has 0 unspecified atom stereocenters. The molecule has 132 valence electrons. The van der Waals surface area contributed by atoms with Crippen molar-refractivity contribution in [1.29, 1.82) is 0 Å². The summed E-state index contributed by atoms with van der Waals surface area (Å²) in [6.45, 7) is 15.7. The Morgan fingerprint density at radius 3 is 2.42 bits per heavy atom. The van der Waals surface area contributed by atoms with Gasteiger partial charge in [0.1, 0.15) is 12.4 Å². The lowest BCUT2D eigenvalue weighted by Gasteiger charge is -2.01. The van der Waals surface area contributed by atoms with Gasteiger partial charge in [-0.1, -0.05) is 43.0 Å². The molecule has 0 fully saturated rings. The van der Waals surface area contributed by atoms with E-state index in [9.17, 15) is 4.79 Å². The van der Waals surface area contributed by atoms with Crippen LogP contribution in [0.3, 0.4) is 0 Å². The molecule has 1 heterocycles. The second-order valence-corrected chi connectivity index (χ2v) is 5.41. The van der Waals surface area contributed by atoms with Crippen molar-refractivity contribution in [3.8, 4) is 0 Å². The summed E-state index contributed by atoms with van der Waals surface area (Å²) in [6.07, 6.45) is 5.09. The average Bonchev–Trinajstić information content (AvgIpc) is 2.86. The van der Waals surface area contributed by atoms with Crippen LogP contribution in [0.4, 0.5) is 5.69 Å². The number of carbonyl (C=O) groups excluding carboxylic acids is 1. The third kappa shape index (κ3) is 6.50. The molecule has 0 aromatic carbocycles. The molecule has 0 amide bonds. The smallest absolute Gasteiger partial charge is 0.293 e. The summed E-state index contributed by atoms with van der Waals surface area (Å²) >= 11 is 5.76. The number of halogens is 1. The maximum Gasteiger partial charge on any atom is 0.293 e. The Bertz CT molecular complexity index is 639. The standard InChI is InChI=1S/C10H15NO.C9H11ClO2/c1-6(2)10-9(11-5)7(3)8(4)12-10;1-3-5-8(6-12-7-11)9(10)4-2/h11H,1H2,2-5H3;3-5,7H,2,6H2,1H3/b;5-3-,9-8-. The second-order valence-electron chi connectivity index (χ2n) is 5.00. The highest BCUT2D eigenvalue weighted by Crippen LogP contribution is 2.30. The number of carbonyl (C=O) groups is 1. The molecular weight excluding hydrogens is 326 g/mol. The molecule has 0 atom stereocenters. The van der Waals surface area contributed by atoms with Crippen molar-refractivity contribution < 1.29 is 13.9 Å². The van der Waals surface area contributed by atoms with Crippen LogP contribution >= 0.6 is 11.6 Å². The van der Waals surface area contributed by atoms with Crippen molar-refractivity contribution >= 4 is 29.3 Å². The predicted octanol–water partition coefficient (Wildman–Crippen LogP) is 5.39. The fourth-order valence-electron chi connectivity index (χ4n) is 1.88. The van der Waals surface area contributed by atoms with E-state index in [1.54, 1.807) is 6.08 Å². The lowest BCUT2D eigenvalue weighted by atomic mass is 10.2. The summed E-state index contributed by atoms with van der Waals surface area (Å²) in [5, 5.41) is 3.61. The van der Waals surface area contributed by atoms with Gasteiger partial charge in [-0.3, -0.25) is 4.79 Å². The number of hydrogen-bond acceptors (Lipinski definition) is 4.